The van der Waals surface area contributed by atoms with Crippen molar-refractivity contribution in [1.82, 2.24) is 44.6 Å². The largest absolute Gasteiger partial charge is 0.464 e. The van der Waals surface area contributed by atoms with Crippen molar-refractivity contribution in [2.24, 2.45) is 11.3 Å². The summed E-state index contributed by atoms with van der Waals surface area (Å²) in [4.78, 5) is 65.2. The summed E-state index contributed by atoms with van der Waals surface area (Å²) in [7, 11) is 1.27. The van der Waals surface area contributed by atoms with Gasteiger partial charge in [0.1, 0.15) is 34.9 Å². The zero-order valence-corrected chi connectivity index (χ0v) is 38.9. The third kappa shape index (κ3) is 7.29. The number of H-pyrrole nitrogens is 2. The number of ether oxygens (including phenoxy) is 3. The number of amides is 3. The number of imidazole rings is 2. The van der Waals surface area contributed by atoms with Crippen molar-refractivity contribution in [3.8, 4) is 39.5 Å². The number of alkyl carbamates (subject to hydrolysis) is 1. The molecule has 2 saturated heterocycles. The number of likely N-dealkylation sites (tertiary alicyclic amines) is 2. The number of aromatic amines is 2. The Bertz CT molecular complexity index is 2930. The molecule has 5 aliphatic rings. The Kier molecular flexibility index (Phi) is 9.91. The van der Waals surface area contributed by atoms with Gasteiger partial charge >= 0.3 is 12.2 Å². The van der Waals surface area contributed by atoms with Crippen molar-refractivity contribution in [2.75, 3.05) is 13.7 Å². The van der Waals surface area contributed by atoms with Gasteiger partial charge in [-0.05, 0) is 101 Å². The fourth-order valence-electron chi connectivity index (χ4n) is 10.3. The molecule has 2 saturated carbocycles. The first kappa shape index (κ1) is 42.4. The predicted octanol–water partition coefficient (Wildman–Crippen LogP) is 10.0. The number of halogens is 1. The smallest absolute Gasteiger partial charge is 0.411 e. The van der Waals surface area contributed by atoms with Gasteiger partial charge in [-0.3, -0.25) is 14.3 Å². The first-order chi connectivity index (χ1) is 31.6. The molecule has 17 heteroatoms. The fourth-order valence-corrected chi connectivity index (χ4v) is 11.4. The monoisotopic (exact) mass is 915 g/mol. The average Bonchev–Trinajstić information content (AvgIpc) is 3.76. The molecule has 6 unspecified atom stereocenters. The van der Waals surface area contributed by atoms with Crippen LogP contribution in [-0.2, 0) is 14.3 Å². The second-order valence-electron chi connectivity index (χ2n) is 20.2. The Hall–Kier alpha value is -6.23. The fraction of sp³-hybridized carbons (Fsp3) is 0.469. The predicted molar refractivity (Wildman–Crippen MR) is 245 cm³/mol. The lowest BCUT2D eigenvalue weighted by Gasteiger charge is -2.30. The van der Waals surface area contributed by atoms with E-state index in [1.54, 1.807) is 22.4 Å². The first-order valence-electron chi connectivity index (χ1n) is 23.0. The van der Waals surface area contributed by atoms with Crippen LogP contribution in [0.3, 0.4) is 0 Å². The number of hydrogen-bond acceptors (Lipinski definition) is 10. The van der Waals surface area contributed by atoms with Crippen LogP contribution in [-0.4, -0.2) is 88.7 Å². The Morgan fingerprint density at radius 3 is 2.41 bits per heavy atom. The van der Waals surface area contributed by atoms with Crippen molar-refractivity contribution in [3.05, 3.63) is 82.3 Å². The van der Waals surface area contributed by atoms with Crippen LogP contribution in [0.5, 0.6) is 5.75 Å². The Labute approximate surface area is 385 Å². The number of aromatic nitrogens is 6. The van der Waals surface area contributed by atoms with Crippen LogP contribution in [0.4, 0.5) is 14.0 Å². The number of nitrogens with zero attached hydrogens (tertiary/aromatic N) is 6. The number of rotatable bonds is 9. The summed E-state index contributed by atoms with van der Waals surface area (Å²) < 4.78 is 36.5. The molecule has 2 aromatic carbocycles. The van der Waals surface area contributed by atoms with E-state index in [1.165, 1.54) is 13.2 Å². The summed E-state index contributed by atoms with van der Waals surface area (Å²) in [5.74, 6) is 1.34. The summed E-state index contributed by atoms with van der Waals surface area (Å²) in [6, 6.07) is 10.3. The van der Waals surface area contributed by atoms with E-state index in [-0.39, 0.29) is 41.5 Å². The third-order valence-electron chi connectivity index (χ3n) is 13.9. The van der Waals surface area contributed by atoms with Crippen LogP contribution < -0.4 is 10.1 Å². The molecule has 3 amide bonds. The lowest BCUT2D eigenvalue weighted by Crippen LogP contribution is -2.51. The molecule has 0 spiro atoms. The van der Waals surface area contributed by atoms with Crippen LogP contribution in [0, 0.1) is 17.2 Å². The highest BCUT2D eigenvalue weighted by Crippen LogP contribution is 2.63. The molecule has 4 fully saturated rings. The first-order valence-corrected chi connectivity index (χ1v) is 23.8. The number of fused-ring (bicyclic) bond motifs is 6. The van der Waals surface area contributed by atoms with Crippen molar-refractivity contribution >= 4 is 40.3 Å². The van der Waals surface area contributed by atoms with E-state index in [2.05, 4.69) is 32.8 Å². The highest BCUT2D eigenvalue weighted by Gasteiger charge is 2.64. The normalized spacial score (nSPS) is 23.7. The van der Waals surface area contributed by atoms with Crippen LogP contribution in [0.1, 0.15) is 126 Å². The number of benzene rings is 2. The molecule has 6 aromatic rings. The zero-order chi connectivity index (χ0) is 46.0. The maximum absolute atomic E-state index is 16.9. The number of nitrogens with one attached hydrogen (secondary N) is 3. The minimum atomic E-state index is -0.763. The molecular weight excluding hydrogens is 862 g/mol. The molecule has 344 valence electrons. The highest BCUT2D eigenvalue weighted by molar-refractivity contribution is 7.11. The zero-order valence-electron chi connectivity index (χ0n) is 38.1. The van der Waals surface area contributed by atoms with E-state index in [0.29, 0.717) is 53.0 Å². The van der Waals surface area contributed by atoms with E-state index in [4.69, 9.17) is 29.2 Å². The van der Waals surface area contributed by atoms with E-state index in [9.17, 15) is 14.4 Å². The van der Waals surface area contributed by atoms with Crippen molar-refractivity contribution < 1.29 is 33.0 Å². The number of thiazole rings is 1. The van der Waals surface area contributed by atoms with Gasteiger partial charge in [-0.25, -0.2) is 28.9 Å². The van der Waals surface area contributed by atoms with E-state index in [0.717, 1.165) is 70.0 Å². The van der Waals surface area contributed by atoms with E-state index >= 15 is 4.39 Å². The van der Waals surface area contributed by atoms with Gasteiger partial charge in [-0.1, -0.05) is 26.8 Å². The quantitative estimate of drug-likeness (QED) is 0.128. The van der Waals surface area contributed by atoms with Crippen LogP contribution in [0.2, 0.25) is 0 Å². The molecule has 0 bridgehead atoms. The van der Waals surface area contributed by atoms with Crippen LogP contribution in [0.25, 0.3) is 44.7 Å². The Balaban J connectivity index is 0.920. The van der Waals surface area contributed by atoms with Gasteiger partial charge in [0.15, 0.2) is 0 Å². The number of methoxy groups -OCH3 is 1. The maximum Gasteiger partial charge on any atom is 0.411 e. The molecule has 3 aliphatic heterocycles. The summed E-state index contributed by atoms with van der Waals surface area (Å²) in [5, 5.41) is 4.67. The Morgan fingerprint density at radius 1 is 0.955 bits per heavy atom. The second-order valence-corrected chi connectivity index (χ2v) is 21.3. The summed E-state index contributed by atoms with van der Waals surface area (Å²) in [6.45, 7) is 12.1. The molecule has 4 aromatic heterocycles. The van der Waals surface area contributed by atoms with Gasteiger partial charge < -0.3 is 34.4 Å². The Morgan fingerprint density at radius 2 is 1.70 bits per heavy atom. The molecule has 15 nitrogen and oxygen atoms in total. The van der Waals surface area contributed by atoms with Gasteiger partial charge in [0.25, 0.3) is 0 Å². The maximum atomic E-state index is 16.9. The molecule has 6 atom stereocenters. The molecule has 0 radical (unpaired) electrons. The van der Waals surface area contributed by atoms with Gasteiger partial charge in [0.2, 0.25) is 12.1 Å². The van der Waals surface area contributed by atoms with E-state index in [1.807, 2.05) is 76.2 Å². The number of hydrogen-bond donors (Lipinski definition) is 3. The lowest BCUT2D eigenvalue weighted by atomic mass is 10.0. The summed E-state index contributed by atoms with van der Waals surface area (Å²) in [5.41, 5.74) is 4.20. The molecule has 2 aliphatic carbocycles. The van der Waals surface area contributed by atoms with Gasteiger partial charge in [-0.2, -0.15) is 0 Å². The molecule has 7 heterocycles. The molecule has 11 rings (SSSR count). The van der Waals surface area contributed by atoms with Crippen LogP contribution >= 0.6 is 11.3 Å². The van der Waals surface area contributed by atoms with Gasteiger partial charge in [0.05, 0.1) is 69.6 Å². The summed E-state index contributed by atoms with van der Waals surface area (Å²) in [6.07, 6.45) is 9.24. The second kappa shape index (κ2) is 15.4. The van der Waals surface area contributed by atoms with Gasteiger partial charge in [0, 0.05) is 41.2 Å². The van der Waals surface area contributed by atoms with Crippen molar-refractivity contribution in [3.63, 3.8) is 0 Å². The minimum Gasteiger partial charge on any atom is -0.464 e. The molecule has 3 N–H and O–H groups in total. The SMILES string of the molecule is COC(=O)NC(C(=O)N1CCCC1c1ncc(-c2cc(F)c3c(c2)OC(c2cnc(C4CC4)s2)n2c-3cc3cc(-c4cnc(C5CC6(C)CC6N5C(=O)OC(C)(C)C)[nH]4)ccc32)[nH]1)C(C)C. The van der Waals surface area contributed by atoms with Crippen molar-refractivity contribution in [1.29, 1.82) is 0 Å². The molecular formula is C49H54FN9O6S. The van der Waals surface area contributed by atoms with Gasteiger partial charge in [-0.15, -0.1) is 11.3 Å². The minimum absolute atomic E-state index is 0.0475. The summed E-state index contributed by atoms with van der Waals surface area (Å²) >= 11 is 1.64. The lowest BCUT2D eigenvalue weighted by molar-refractivity contribution is -0.135. The number of carbonyl (C=O) groups is 3. The van der Waals surface area contributed by atoms with Crippen LogP contribution in [0.15, 0.2) is 55.0 Å². The molecule has 66 heavy (non-hydrogen) atoms. The topological polar surface area (TPSA) is 173 Å². The average molecular weight is 916 g/mol. The van der Waals surface area contributed by atoms with E-state index < -0.39 is 29.8 Å². The highest BCUT2D eigenvalue weighted by atomic mass is 32.1. The number of piperidine rings is 1. The number of carbonyl (C=O) groups excluding carboxylic acids is 3. The van der Waals surface area contributed by atoms with Crippen molar-refractivity contribution in [2.45, 2.75) is 122 Å². The third-order valence-corrected chi connectivity index (χ3v) is 15.1. The standard InChI is InChI=1S/C49H54FN9O6S/c1-24(2)40(56-46(61)63-7)44(60)57-14-8-9-33(57)41-51-22-31(55-41)27-16-29(50)39-34-17-28-15-26(12-13-32(28)58(34)45(64-36(39)18-27)37-23-53-43(66-37)25-10-11-25)30-21-52-42(54-30)35-19-49(6)20-38(49)59(35)47(62)65-48(3,4)5/h12-13,15-18,21-25,33,35,38,40,45H,8-11,14,19-20H2,1-7H3,(H,51,55)(H,52,54)(H,56,61).